The van der Waals surface area contributed by atoms with Crippen molar-refractivity contribution in [3.63, 3.8) is 0 Å². The van der Waals surface area contributed by atoms with E-state index in [0.717, 1.165) is 0 Å². The third-order valence-electron chi connectivity index (χ3n) is 2.07. The molecule has 2 nitrogen and oxygen atoms in total. The van der Waals surface area contributed by atoms with Gasteiger partial charge in [-0.2, -0.15) is 0 Å². The topological polar surface area (TPSA) is 29.5 Å². The number of benzene rings is 1. The molecule has 0 aliphatic carbocycles. The first-order valence-corrected chi connectivity index (χ1v) is 5.01. The first-order chi connectivity index (χ1) is 6.95. The van der Waals surface area contributed by atoms with E-state index in [1.54, 1.807) is 38.1 Å². The van der Waals surface area contributed by atoms with E-state index in [4.69, 9.17) is 22.9 Å². The van der Waals surface area contributed by atoms with Gasteiger partial charge in [0, 0.05) is 5.02 Å². The SMILES string of the molecule is [CH]=CC(O)C(C)(C)Oc1cccc(Cl)c1. The predicted octanol–water partition coefficient (Wildman–Crippen LogP) is 2.85. The molecule has 0 heterocycles. The highest BCUT2D eigenvalue weighted by molar-refractivity contribution is 6.30. The van der Waals surface area contributed by atoms with Crippen LogP contribution >= 0.6 is 11.6 Å². The Morgan fingerprint density at radius 3 is 2.73 bits per heavy atom. The molecule has 1 aromatic carbocycles. The zero-order valence-electron chi connectivity index (χ0n) is 8.77. The van der Waals surface area contributed by atoms with Crippen LogP contribution < -0.4 is 4.74 Å². The number of aliphatic hydroxyl groups is 1. The Morgan fingerprint density at radius 2 is 2.20 bits per heavy atom. The molecule has 15 heavy (non-hydrogen) atoms. The van der Waals surface area contributed by atoms with Crippen LogP contribution in [-0.4, -0.2) is 16.8 Å². The van der Waals surface area contributed by atoms with Gasteiger partial charge in [0.25, 0.3) is 0 Å². The van der Waals surface area contributed by atoms with Gasteiger partial charge in [0.05, 0.1) is 0 Å². The summed E-state index contributed by atoms with van der Waals surface area (Å²) in [5, 5.41) is 10.2. The Hall–Kier alpha value is -0.990. The van der Waals surface area contributed by atoms with Gasteiger partial charge in [-0.1, -0.05) is 30.3 Å². The van der Waals surface area contributed by atoms with Crippen LogP contribution in [-0.2, 0) is 0 Å². The van der Waals surface area contributed by atoms with Gasteiger partial charge in [-0.05, 0) is 32.0 Å². The number of halogens is 1. The van der Waals surface area contributed by atoms with Crippen molar-refractivity contribution in [2.45, 2.75) is 25.6 Å². The van der Waals surface area contributed by atoms with Crippen molar-refractivity contribution in [3.8, 4) is 5.75 Å². The van der Waals surface area contributed by atoms with Crippen molar-refractivity contribution in [3.05, 3.63) is 41.9 Å². The molecule has 0 saturated carbocycles. The lowest BCUT2D eigenvalue weighted by atomic mass is 10.0. The third-order valence-corrected chi connectivity index (χ3v) is 2.31. The van der Waals surface area contributed by atoms with Crippen LogP contribution in [0.4, 0.5) is 0 Å². The quantitative estimate of drug-likeness (QED) is 0.854. The first kappa shape index (κ1) is 12.1. The predicted molar refractivity (Wildman–Crippen MR) is 61.0 cm³/mol. The summed E-state index contributed by atoms with van der Waals surface area (Å²) in [7, 11) is 0. The molecular formula is C12H14ClO2. The van der Waals surface area contributed by atoms with Crippen molar-refractivity contribution in [1.29, 1.82) is 0 Å². The smallest absolute Gasteiger partial charge is 0.133 e. The van der Waals surface area contributed by atoms with Crippen LogP contribution in [0.2, 0.25) is 5.02 Å². The number of ether oxygens (including phenoxy) is 1. The van der Waals surface area contributed by atoms with Crippen molar-refractivity contribution >= 4 is 11.6 Å². The van der Waals surface area contributed by atoms with Gasteiger partial charge in [0.2, 0.25) is 0 Å². The maximum absolute atomic E-state index is 9.58. The first-order valence-electron chi connectivity index (χ1n) is 4.63. The van der Waals surface area contributed by atoms with Crippen LogP contribution in [0.15, 0.2) is 30.3 Å². The number of rotatable bonds is 4. The molecule has 1 rings (SSSR count). The van der Waals surface area contributed by atoms with E-state index in [0.29, 0.717) is 10.8 Å². The van der Waals surface area contributed by atoms with Gasteiger partial charge in [-0.3, -0.25) is 0 Å². The van der Waals surface area contributed by atoms with E-state index >= 15 is 0 Å². The van der Waals surface area contributed by atoms with E-state index in [1.807, 2.05) is 0 Å². The summed E-state index contributed by atoms with van der Waals surface area (Å²) < 4.78 is 5.59. The fraction of sp³-hybridized carbons (Fsp3) is 0.333. The van der Waals surface area contributed by atoms with Gasteiger partial charge in [0.1, 0.15) is 17.5 Å². The average molecular weight is 226 g/mol. The molecule has 0 aromatic heterocycles. The molecule has 0 spiro atoms. The maximum Gasteiger partial charge on any atom is 0.133 e. The molecular weight excluding hydrogens is 212 g/mol. The fourth-order valence-corrected chi connectivity index (χ4v) is 1.31. The second-order valence-corrected chi connectivity index (χ2v) is 4.24. The second-order valence-electron chi connectivity index (χ2n) is 3.80. The Morgan fingerprint density at radius 1 is 1.53 bits per heavy atom. The molecule has 3 heteroatoms. The summed E-state index contributed by atoms with van der Waals surface area (Å²) in [6.07, 6.45) is 0.362. The van der Waals surface area contributed by atoms with Gasteiger partial charge in [0.15, 0.2) is 0 Å². The van der Waals surface area contributed by atoms with Crippen molar-refractivity contribution in [2.75, 3.05) is 0 Å². The van der Waals surface area contributed by atoms with Crippen molar-refractivity contribution < 1.29 is 9.84 Å². The Balaban J connectivity index is 2.81. The van der Waals surface area contributed by atoms with Gasteiger partial charge < -0.3 is 9.84 Å². The number of hydrogen-bond acceptors (Lipinski definition) is 2. The minimum atomic E-state index is -0.837. The van der Waals surface area contributed by atoms with E-state index in [1.165, 1.54) is 6.08 Å². The Kier molecular flexibility index (Phi) is 3.77. The van der Waals surface area contributed by atoms with E-state index in [9.17, 15) is 5.11 Å². The lowest BCUT2D eigenvalue weighted by molar-refractivity contribution is -0.00168. The zero-order valence-corrected chi connectivity index (χ0v) is 9.53. The van der Waals surface area contributed by atoms with Crippen LogP contribution in [0.1, 0.15) is 13.8 Å². The molecule has 0 fully saturated rings. The Labute approximate surface area is 95.1 Å². The maximum atomic E-state index is 9.58. The molecule has 0 bridgehead atoms. The molecule has 1 radical (unpaired) electrons. The largest absolute Gasteiger partial charge is 0.485 e. The molecule has 1 aromatic rings. The zero-order chi connectivity index (χ0) is 11.5. The lowest BCUT2D eigenvalue weighted by Gasteiger charge is -2.29. The van der Waals surface area contributed by atoms with Gasteiger partial charge >= 0.3 is 0 Å². The minimum absolute atomic E-state index is 0.592. The summed E-state index contributed by atoms with van der Waals surface area (Å²) in [6.45, 7) is 8.76. The highest BCUT2D eigenvalue weighted by Gasteiger charge is 2.27. The lowest BCUT2D eigenvalue weighted by Crippen LogP contribution is -2.40. The highest BCUT2D eigenvalue weighted by Crippen LogP contribution is 2.24. The van der Waals surface area contributed by atoms with E-state index in [2.05, 4.69) is 0 Å². The molecule has 0 aliphatic rings. The summed E-state index contributed by atoms with van der Waals surface area (Å²) in [5.41, 5.74) is -0.778. The highest BCUT2D eigenvalue weighted by atomic mass is 35.5. The average Bonchev–Trinajstić information content (AvgIpc) is 2.15. The van der Waals surface area contributed by atoms with E-state index < -0.39 is 11.7 Å². The van der Waals surface area contributed by atoms with Crippen molar-refractivity contribution in [1.82, 2.24) is 0 Å². The minimum Gasteiger partial charge on any atom is -0.485 e. The monoisotopic (exact) mass is 225 g/mol. The number of aliphatic hydroxyl groups excluding tert-OH is 1. The summed E-state index contributed by atoms with van der Waals surface area (Å²) in [4.78, 5) is 0. The van der Waals surface area contributed by atoms with Crippen molar-refractivity contribution in [2.24, 2.45) is 0 Å². The number of hydrogen-bond donors (Lipinski definition) is 1. The third kappa shape index (κ3) is 3.26. The summed E-state index contributed by atoms with van der Waals surface area (Å²) in [6, 6.07) is 7.00. The van der Waals surface area contributed by atoms with Crippen LogP contribution in [0.3, 0.4) is 0 Å². The van der Waals surface area contributed by atoms with Gasteiger partial charge in [-0.15, -0.1) is 0 Å². The summed E-state index contributed by atoms with van der Waals surface area (Å²) >= 11 is 5.81. The van der Waals surface area contributed by atoms with Crippen LogP contribution in [0.25, 0.3) is 0 Å². The Bertz CT molecular complexity index is 347. The molecule has 0 saturated heterocycles. The second kappa shape index (κ2) is 4.69. The normalized spacial score (nSPS) is 13.3. The molecule has 0 aliphatic heterocycles. The van der Waals surface area contributed by atoms with Crippen LogP contribution in [0, 0.1) is 6.58 Å². The molecule has 81 valence electrons. The molecule has 1 N–H and O–H groups in total. The molecule has 1 atom stereocenters. The van der Waals surface area contributed by atoms with Gasteiger partial charge in [-0.25, -0.2) is 0 Å². The van der Waals surface area contributed by atoms with E-state index in [-0.39, 0.29) is 0 Å². The standard InChI is InChI=1S/C12H14ClO2/c1-4-11(14)12(2,3)15-10-7-5-6-9(13)8-10/h1,4-8,11,14H,2-3H3. The van der Waals surface area contributed by atoms with Crippen LogP contribution in [0.5, 0.6) is 5.75 Å². The molecule has 1 unspecified atom stereocenters. The fourth-order valence-electron chi connectivity index (χ4n) is 1.13. The summed E-state index contributed by atoms with van der Waals surface area (Å²) in [5.74, 6) is 0.605. The molecule has 0 amide bonds.